The molecule has 3 rings (SSSR count). The Kier molecular flexibility index (Phi) is 3.88. The molecule has 0 unspecified atom stereocenters. The van der Waals surface area contributed by atoms with Gasteiger partial charge in [0, 0.05) is 23.5 Å². The van der Waals surface area contributed by atoms with Crippen molar-refractivity contribution in [3.05, 3.63) is 63.8 Å². The van der Waals surface area contributed by atoms with E-state index in [1.807, 2.05) is 0 Å². The number of ketones is 1. The van der Waals surface area contributed by atoms with E-state index in [2.05, 4.69) is 9.98 Å². The van der Waals surface area contributed by atoms with Crippen LogP contribution in [-0.2, 0) is 6.18 Å². The van der Waals surface area contributed by atoms with Crippen LogP contribution in [0.5, 0.6) is 0 Å². The van der Waals surface area contributed by atoms with Crippen molar-refractivity contribution in [1.82, 2.24) is 4.98 Å². The molecule has 1 heterocycles. The lowest BCUT2D eigenvalue weighted by Gasteiger charge is -2.06. The molecule has 0 saturated carbocycles. The number of aromatic nitrogens is 1. The Bertz CT molecular complexity index is 904. The monoisotopic (exact) mass is 352 g/mol. The van der Waals surface area contributed by atoms with E-state index in [-0.39, 0.29) is 22.2 Å². The number of alkyl halides is 3. The van der Waals surface area contributed by atoms with Gasteiger partial charge in [-0.05, 0) is 6.07 Å². The predicted molar refractivity (Wildman–Crippen MR) is 82.7 cm³/mol. The number of fused-ring (bicyclic) bond motifs is 1. The van der Waals surface area contributed by atoms with Crippen molar-refractivity contribution in [2.45, 2.75) is 6.18 Å². The van der Waals surface area contributed by atoms with E-state index in [0.717, 1.165) is 6.21 Å². The second-order valence-electron chi connectivity index (χ2n) is 4.92. The number of carbonyl (C=O) groups excluding carboxylic acids is 1. The molecule has 1 N–H and O–H groups in total. The summed E-state index contributed by atoms with van der Waals surface area (Å²) in [5.74, 6) is -0.869. The Labute approximate surface area is 138 Å². The van der Waals surface area contributed by atoms with E-state index >= 15 is 0 Å². The Morgan fingerprint density at radius 1 is 1.21 bits per heavy atom. The maximum atomic E-state index is 12.6. The van der Waals surface area contributed by atoms with Crippen molar-refractivity contribution in [3.8, 4) is 0 Å². The molecule has 1 aliphatic carbocycles. The van der Waals surface area contributed by atoms with Crippen molar-refractivity contribution in [2.24, 2.45) is 4.99 Å². The van der Waals surface area contributed by atoms with Crippen LogP contribution in [0.2, 0.25) is 5.02 Å². The number of hydrogen-bond acceptors (Lipinski definition) is 4. The van der Waals surface area contributed by atoms with Crippen LogP contribution in [0, 0.1) is 0 Å². The van der Waals surface area contributed by atoms with Gasteiger partial charge >= 0.3 is 6.18 Å². The van der Waals surface area contributed by atoms with Gasteiger partial charge in [0.2, 0.25) is 0 Å². The molecule has 8 heteroatoms. The van der Waals surface area contributed by atoms with Gasteiger partial charge in [0.05, 0.1) is 16.2 Å². The molecule has 0 saturated heterocycles. The fourth-order valence-corrected chi connectivity index (χ4v) is 2.43. The number of aliphatic imine (C=N–C) groups is 1. The van der Waals surface area contributed by atoms with Gasteiger partial charge in [-0.2, -0.15) is 13.2 Å². The predicted octanol–water partition coefficient (Wildman–Crippen LogP) is 4.62. The summed E-state index contributed by atoms with van der Waals surface area (Å²) in [5.41, 5.74) is -0.384. The molecule has 1 aromatic carbocycles. The van der Waals surface area contributed by atoms with Crippen LogP contribution in [0.15, 0.2) is 47.1 Å². The summed E-state index contributed by atoms with van der Waals surface area (Å²) in [4.78, 5) is 19.5. The van der Waals surface area contributed by atoms with E-state index < -0.39 is 17.5 Å². The van der Waals surface area contributed by atoms with E-state index in [0.29, 0.717) is 23.4 Å². The van der Waals surface area contributed by atoms with Gasteiger partial charge in [0.15, 0.2) is 11.6 Å². The number of rotatable bonds is 2. The SMILES string of the molecule is O=C1C(C=Nc2ncc(C(F)(F)F)cc2Cl)=C(O)c2ccccc21. The highest BCUT2D eigenvalue weighted by Crippen LogP contribution is 2.34. The van der Waals surface area contributed by atoms with Crippen LogP contribution in [0.1, 0.15) is 21.5 Å². The molecular formula is C16H8ClF3N2O2. The first kappa shape index (κ1) is 16.2. The van der Waals surface area contributed by atoms with Crippen LogP contribution in [-0.4, -0.2) is 22.1 Å². The standard InChI is InChI=1S/C16H8ClF3N2O2/c17-12-5-8(16(18,19)20)6-21-15(12)22-7-11-13(23)9-3-1-2-4-10(9)14(11)24/h1-7,23H. The van der Waals surface area contributed by atoms with Gasteiger partial charge in [-0.25, -0.2) is 9.98 Å². The summed E-state index contributed by atoms with van der Waals surface area (Å²) in [6, 6.07) is 7.14. The Balaban J connectivity index is 1.93. The minimum atomic E-state index is -4.57. The molecule has 4 nitrogen and oxygen atoms in total. The summed E-state index contributed by atoms with van der Waals surface area (Å²) < 4.78 is 37.7. The first-order valence-corrected chi connectivity index (χ1v) is 7.01. The summed E-state index contributed by atoms with van der Waals surface area (Å²) >= 11 is 5.74. The molecule has 0 atom stereocenters. The van der Waals surface area contributed by atoms with Crippen LogP contribution >= 0.6 is 11.6 Å². The molecule has 122 valence electrons. The maximum Gasteiger partial charge on any atom is 0.417 e. The van der Waals surface area contributed by atoms with Crippen molar-refractivity contribution in [3.63, 3.8) is 0 Å². The van der Waals surface area contributed by atoms with E-state index in [1.165, 1.54) is 0 Å². The zero-order valence-electron chi connectivity index (χ0n) is 11.8. The lowest BCUT2D eigenvalue weighted by Crippen LogP contribution is -2.05. The largest absolute Gasteiger partial charge is 0.506 e. The molecule has 0 fully saturated rings. The van der Waals surface area contributed by atoms with Gasteiger partial charge in [-0.15, -0.1) is 0 Å². The fraction of sp³-hybridized carbons (Fsp3) is 0.0625. The zero-order valence-corrected chi connectivity index (χ0v) is 12.6. The van der Waals surface area contributed by atoms with Crippen LogP contribution in [0.3, 0.4) is 0 Å². The third kappa shape index (κ3) is 2.78. The second kappa shape index (κ2) is 5.76. The number of carbonyl (C=O) groups is 1. The number of pyridine rings is 1. The quantitative estimate of drug-likeness (QED) is 0.802. The number of halogens is 4. The summed E-state index contributed by atoms with van der Waals surface area (Å²) in [6.07, 6.45) is -2.93. The van der Waals surface area contributed by atoms with Crippen LogP contribution < -0.4 is 0 Å². The average Bonchev–Trinajstić information content (AvgIpc) is 2.77. The number of aliphatic hydroxyl groups is 1. The van der Waals surface area contributed by atoms with E-state index in [1.54, 1.807) is 24.3 Å². The highest BCUT2D eigenvalue weighted by atomic mass is 35.5. The Morgan fingerprint density at radius 2 is 1.88 bits per heavy atom. The minimum absolute atomic E-state index is 0.0750. The summed E-state index contributed by atoms with van der Waals surface area (Å²) in [5, 5.41) is 9.76. The van der Waals surface area contributed by atoms with Crippen LogP contribution in [0.4, 0.5) is 19.0 Å². The molecule has 0 bridgehead atoms. The lowest BCUT2D eigenvalue weighted by atomic mass is 10.1. The molecule has 0 amide bonds. The normalized spacial score (nSPS) is 14.6. The van der Waals surface area contributed by atoms with Crippen molar-refractivity contribution >= 4 is 35.2 Å². The highest BCUT2D eigenvalue weighted by molar-refractivity contribution is 6.33. The molecular weight excluding hydrogens is 345 g/mol. The molecule has 1 aliphatic rings. The van der Waals surface area contributed by atoms with Gasteiger partial charge in [-0.3, -0.25) is 4.79 Å². The number of allylic oxidation sites excluding steroid dienone is 1. The van der Waals surface area contributed by atoms with Gasteiger partial charge < -0.3 is 5.11 Å². The number of aliphatic hydroxyl groups excluding tert-OH is 1. The van der Waals surface area contributed by atoms with Gasteiger partial charge in [0.25, 0.3) is 0 Å². The highest BCUT2D eigenvalue weighted by Gasteiger charge is 2.32. The molecule has 2 aromatic rings. The summed E-state index contributed by atoms with van der Waals surface area (Å²) in [7, 11) is 0. The number of benzene rings is 1. The maximum absolute atomic E-state index is 12.6. The molecule has 0 aliphatic heterocycles. The molecule has 0 spiro atoms. The van der Waals surface area contributed by atoms with Gasteiger partial charge in [-0.1, -0.05) is 35.9 Å². The van der Waals surface area contributed by atoms with Crippen molar-refractivity contribution in [1.29, 1.82) is 0 Å². The lowest BCUT2D eigenvalue weighted by molar-refractivity contribution is -0.137. The zero-order chi connectivity index (χ0) is 17.5. The Morgan fingerprint density at radius 3 is 2.46 bits per heavy atom. The van der Waals surface area contributed by atoms with E-state index in [9.17, 15) is 23.1 Å². The Hall–Kier alpha value is -2.67. The summed E-state index contributed by atoms with van der Waals surface area (Å²) in [6.45, 7) is 0. The first-order valence-electron chi connectivity index (χ1n) is 6.63. The molecule has 24 heavy (non-hydrogen) atoms. The topological polar surface area (TPSA) is 62.5 Å². The number of nitrogens with zero attached hydrogens (tertiary/aromatic N) is 2. The second-order valence-corrected chi connectivity index (χ2v) is 5.33. The third-order valence-electron chi connectivity index (χ3n) is 3.39. The van der Waals surface area contributed by atoms with Gasteiger partial charge in [0.1, 0.15) is 5.76 Å². The fourth-order valence-electron chi connectivity index (χ4n) is 2.21. The number of hydrogen-bond donors (Lipinski definition) is 1. The van der Waals surface area contributed by atoms with Crippen LogP contribution in [0.25, 0.3) is 5.76 Å². The number of Topliss-reactive ketones (excluding diaryl/α,β-unsaturated/α-hetero) is 1. The molecule has 1 aromatic heterocycles. The first-order chi connectivity index (χ1) is 11.3. The van der Waals surface area contributed by atoms with Crippen molar-refractivity contribution in [2.75, 3.05) is 0 Å². The third-order valence-corrected chi connectivity index (χ3v) is 3.67. The smallest absolute Gasteiger partial charge is 0.417 e. The van der Waals surface area contributed by atoms with E-state index in [4.69, 9.17) is 11.6 Å². The van der Waals surface area contributed by atoms with Crippen molar-refractivity contribution < 1.29 is 23.1 Å². The average molecular weight is 353 g/mol. The minimum Gasteiger partial charge on any atom is -0.506 e. The molecule has 0 radical (unpaired) electrons.